The first kappa shape index (κ1) is 8.81. The molecule has 0 radical (unpaired) electrons. The Labute approximate surface area is 77.7 Å². The molecule has 4 nitrogen and oxygen atoms in total. The molecule has 1 aliphatic heterocycles. The molecule has 0 aromatic carbocycles. The zero-order chi connectivity index (χ0) is 9.42. The van der Waals surface area contributed by atoms with E-state index in [1.807, 2.05) is 0 Å². The zero-order valence-electron chi connectivity index (χ0n) is 7.65. The lowest BCUT2D eigenvalue weighted by atomic mass is 9.89. The standard InChI is InChI=1S/C9H16N2O2/c10-8-3-6-1-2-11(9(12)13)5-7(6)4-8/h6-8H,1-5,10H2,(H,12,13)/t6-,7-,8?/m0/s1. The fourth-order valence-electron chi connectivity index (χ4n) is 2.71. The van der Waals surface area contributed by atoms with E-state index >= 15 is 0 Å². The molecular weight excluding hydrogens is 168 g/mol. The Kier molecular flexibility index (Phi) is 2.15. The van der Waals surface area contributed by atoms with Crippen molar-refractivity contribution in [1.29, 1.82) is 0 Å². The molecule has 4 heteroatoms. The van der Waals surface area contributed by atoms with Gasteiger partial charge < -0.3 is 15.7 Å². The number of piperidine rings is 1. The molecule has 3 N–H and O–H groups in total. The smallest absolute Gasteiger partial charge is 0.407 e. The number of likely N-dealkylation sites (tertiary alicyclic amines) is 1. The minimum Gasteiger partial charge on any atom is -0.465 e. The van der Waals surface area contributed by atoms with E-state index in [2.05, 4.69) is 0 Å². The third-order valence-electron chi connectivity index (χ3n) is 3.37. The van der Waals surface area contributed by atoms with E-state index in [1.54, 1.807) is 0 Å². The normalized spacial score (nSPS) is 38.8. The van der Waals surface area contributed by atoms with E-state index in [0.717, 1.165) is 19.3 Å². The van der Waals surface area contributed by atoms with E-state index in [9.17, 15) is 4.79 Å². The van der Waals surface area contributed by atoms with Crippen molar-refractivity contribution in [3.63, 3.8) is 0 Å². The van der Waals surface area contributed by atoms with Gasteiger partial charge >= 0.3 is 6.09 Å². The van der Waals surface area contributed by atoms with E-state index in [1.165, 1.54) is 4.90 Å². The van der Waals surface area contributed by atoms with Crippen molar-refractivity contribution >= 4 is 6.09 Å². The first-order chi connectivity index (χ1) is 6.16. The molecule has 3 atom stereocenters. The van der Waals surface area contributed by atoms with Gasteiger partial charge in [0.15, 0.2) is 0 Å². The highest BCUT2D eigenvalue weighted by Crippen LogP contribution is 2.37. The average molecular weight is 184 g/mol. The van der Waals surface area contributed by atoms with E-state index in [0.29, 0.717) is 31.0 Å². The molecular formula is C9H16N2O2. The molecule has 1 aliphatic carbocycles. The quantitative estimate of drug-likeness (QED) is 0.583. The lowest BCUT2D eigenvalue weighted by Crippen LogP contribution is -2.41. The Bertz CT molecular complexity index is 220. The first-order valence-corrected chi connectivity index (χ1v) is 4.90. The van der Waals surface area contributed by atoms with Gasteiger partial charge in [-0.3, -0.25) is 0 Å². The second kappa shape index (κ2) is 3.18. The topological polar surface area (TPSA) is 66.6 Å². The van der Waals surface area contributed by atoms with Crippen molar-refractivity contribution in [3.05, 3.63) is 0 Å². The fraction of sp³-hybridized carbons (Fsp3) is 0.889. The Morgan fingerprint density at radius 1 is 1.38 bits per heavy atom. The van der Waals surface area contributed by atoms with Gasteiger partial charge in [-0.15, -0.1) is 0 Å². The predicted molar refractivity (Wildman–Crippen MR) is 48.4 cm³/mol. The number of carboxylic acid groups (broad SMARTS) is 1. The lowest BCUT2D eigenvalue weighted by Gasteiger charge is -2.32. The Hall–Kier alpha value is -0.770. The molecule has 0 spiro atoms. The molecule has 1 saturated carbocycles. The summed E-state index contributed by atoms with van der Waals surface area (Å²) in [6.07, 6.45) is 2.33. The van der Waals surface area contributed by atoms with E-state index in [-0.39, 0.29) is 0 Å². The summed E-state index contributed by atoms with van der Waals surface area (Å²) in [5, 5.41) is 8.82. The van der Waals surface area contributed by atoms with Gasteiger partial charge in [-0.2, -0.15) is 0 Å². The minimum atomic E-state index is -0.779. The minimum absolute atomic E-state index is 0.309. The molecule has 1 saturated heterocycles. The Balaban J connectivity index is 1.97. The molecule has 0 aromatic rings. The third kappa shape index (κ3) is 1.63. The van der Waals surface area contributed by atoms with E-state index < -0.39 is 6.09 Å². The molecule has 2 aliphatic rings. The van der Waals surface area contributed by atoms with Crippen LogP contribution < -0.4 is 5.73 Å². The summed E-state index contributed by atoms with van der Waals surface area (Å²) in [7, 11) is 0. The molecule has 13 heavy (non-hydrogen) atoms. The second-order valence-corrected chi connectivity index (χ2v) is 4.27. The monoisotopic (exact) mass is 184 g/mol. The molecule has 1 unspecified atom stereocenters. The number of hydrogen-bond acceptors (Lipinski definition) is 2. The first-order valence-electron chi connectivity index (χ1n) is 4.90. The van der Waals surface area contributed by atoms with Crippen molar-refractivity contribution in [2.75, 3.05) is 13.1 Å². The maximum absolute atomic E-state index is 10.7. The number of carbonyl (C=O) groups is 1. The molecule has 2 fully saturated rings. The van der Waals surface area contributed by atoms with Crippen LogP contribution in [0.3, 0.4) is 0 Å². The van der Waals surface area contributed by atoms with Gasteiger partial charge in [0.25, 0.3) is 0 Å². The second-order valence-electron chi connectivity index (χ2n) is 4.27. The number of rotatable bonds is 0. The largest absolute Gasteiger partial charge is 0.465 e. The molecule has 74 valence electrons. The van der Waals surface area contributed by atoms with Crippen molar-refractivity contribution in [1.82, 2.24) is 4.90 Å². The van der Waals surface area contributed by atoms with Crippen molar-refractivity contribution in [3.8, 4) is 0 Å². The molecule has 1 heterocycles. The van der Waals surface area contributed by atoms with Crippen LogP contribution in [0.4, 0.5) is 4.79 Å². The third-order valence-corrected chi connectivity index (χ3v) is 3.37. The van der Waals surface area contributed by atoms with Gasteiger partial charge in [-0.1, -0.05) is 0 Å². The molecule has 1 amide bonds. The molecule has 0 aromatic heterocycles. The summed E-state index contributed by atoms with van der Waals surface area (Å²) in [5.41, 5.74) is 5.85. The zero-order valence-corrected chi connectivity index (χ0v) is 7.65. The number of hydrogen-bond donors (Lipinski definition) is 2. The van der Waals surface area contributed by atoms with Crippen LogP contribution in [0, 0.1) is 11.8 Å². The van der Waals surface area contributed by atoms with Crippen LogP contribution in [0.25, 0.3) is 0 Å². The van der Waals surface area contributed by atoms with Crippen LogP contribution in [-0.4, -0.2) is 35.2 Å². The summed E-state index contributed by atoms with van der Waals surface area (Å²) in [5.74, 6) is 1.21. The highest BCUT2D eigenvalue weighted by Gasteiger charge is 2.37. The van der Waals surface area contributed by atoms with Crippen LogP contribution in [0.1, 0.15) is 19.3 Å². The molecule has 0 bridgehead atoms. The van der Waals surface area contributed by atoms with Crippen LogP contribution in [-0.2, 0) is 0 Å². The maximum Gasteiger partial charge on any atom is 0.407 e. The summed E-state index contributed by atoms with van der Waals surface area (Å²) in [4.78, 5) is 12.2. The maximum atomic E-state index is 10.7. The summed E-state index contributed by atoms with van der Waals surface area (Å²) in [6, 6.07) is 0.309. The Morgan fingerprint density at radius 2 is 2.08 bits per heavy atom. The van der Waals surface area contributed by atoms with E-state index in [4.69, 9.17) is 10.8 Å². The van der Waals surface area contributed by atoms with Crippen LogP contribution in [0.15, 0.2) is 0 Å². The van der Waals surface area contributed by atoms with Gasteiger partial charge in [0.05, 0.1) is 0 Å². The van der Waals surface area contributed by atoms with Gasteiger partial charge in [-0.25, -0.2) is 4.79 Å². The summed E-state index contributed by atoms with van der Waals surface area (Å²) < 4.78 is 0. The number of nitrogens with two attached hydrogens (primary N) is 1. The summed E-state index contributed by atoms with van der Waals surface area (Å²) >= 11 is 0. The number of nitrogens with zero attached hydrogens (tertiary/aromatic N) is 1. The van der Waals surface area contributed by atoms with Crippen LogP contribution in [0.2, 0.25) is 0 Å². The summed E-state index contributed by atoms with van der Waals surface area (Å²) in [6.45, 7) is 1.40. The van der Waals surface area contributed by atoms with Crippen molar-refractivity contribution in [2.24, 2.45) is 17.6 Å². The lowest BCUT2D eigenvalue weighted by molar-refractivity contribution is 0.106. The van der Waals surface area contributed by atoms with Crippen LogP contribution in [0.5, 0.6) is 0 Å². The Morgan fingerprint density at radius 3 is 2.77 bits per heavy atom. The van der Waals surface area contributed by atoms with Gasteiger partial charge in [0.1, 0.15) is 0 Å². The molecule has 2 rings (SSSR count). The number of fused-ring (bicyclic) bond motifs is 1. The van der Waals surface area contributed by atoms with Crippen molar-refractivity contribution < 1.29 is 9.90 Å². The van der Waals surface area contributed by atoms with Gasteiger partial charge in [0.2, 0.25) is 0 Å². The van der Waals surface area contributed by atoms with Gasteiger partial charge in [-0.05, 0) is 31.1 Å². The fourth-order valence-corrected chi connectivity index (χ4v) is 2.71. The average Bonchev–Trinajstić information content (AvgIpc) is 2.42. The number of amides is 1. The SMILES string of the molecule is NC1C[C@@H]2CCN(C(=O)O)C[C@@H]2C1. The van der Waals surface area contributed by atoms with Crippen LogP contribution >= 0.6 is 0 Å². The highest BCUT2D eigenvalue weighted by atomic mass is 16.4. The highest BCUT2D eigenvalue weighted by molar-refractivity contribution is 5.65. The predicted octanol–water partition coefficient (Wildman–Crippen LogP) is 0.724. The van der Waals surface area contributed by atoms with Gasteiger partial charge in [0, 0.05) is 19.1 Å². The van der Waals surface area contributed by atoms with Crippen molar-refractivity contribution in [2.45, 2.75) is 25.3 Å².